The highest BCUT2D eigenvalue weighted by Crippen LogP contribution is 2.12. The summed E-state index contributed by atoms with van der Waals surface area (Å²) in [6.07, 6.45) is 2.07. The fourth-order valence-corrected chi connectivity index (χ4v) is 1.93. The summed E-state index contributed by atoms with van der Waals surface area (Å²) in [6.45, 7) is 1.40. The van der Waals surface area contributed by atoms with Crippen LogP contribution in [0, 0.1) is 0 Å². The fraction of sp³-hybridized carbons (Fsp3) is 0.462. The molecule has 3 nitrogen and oxygen atoms in total. The van der Waals surface area contributed by atoms with E-state index in [0.29, 0.717) is 6.54 Å². The van der Waals surface area contributed by atoms with Crippen molar-refractivity contribution in [3.05, 3.63) is 29.8 Å². The minimum atomic E-state index is 0.149. The number of benzene rings is 1. The van der Waals surface area contributed by atoms with E-state index in [1.54, 1.807) is 18.9 Å². The van der Waals surface area contributed by atoms with Crippen molar-refractivity contribution in [2.45, 2.75) is 0 Å². The predicted octanol–water partition coefficient (Wildman–Crippen LogP) is 2.17. The topological polar surface area (TPSA) is 29.5 Å². The SMILES string of the molecule is COc1ccc(C(=O)CN(C)CCSC)cc1. The lowest BCUT2D eigenvalue weighted by Crippen LogP contribution is -2.28. The Kier molecular flexibility index (Phi) is 6.08. The molecule has 1 rings (SSSR count). The summed E-state index contributed by atoms with van der Waals surface area (Å²) < 4.78 is 5.06. The summed E-state index contributed by atoms with van der Waals surface area (Å²) in [5.74, 6) is 1.97. The van der Waals surface area contributed by atoms with E-state index in [2.05, 4.69) is 6.26 Å². The molecule has 0 spiro atoms. The van der Waals surface area contributed by atoms with Crippen LogP contribution in [0.25, 0.3) is 0 Å². The molecular weight excluding hydrogens is 234 g/mol. The number of carbonyl (C=O) groups is 1. The molecule has 0 atom stereocenters. The van der Waals surface area contributed by atoms with Gasteiger partial charge in [0.25, 0.3) is 0 Å². The van der Waals surface area contributed by atoms with Crippen LogP contribution in [0.5, 0.6) is 5.75 Å². The number of carbonyl (C=O) groups excluding carboxylic acids is 1. The van der Waals surface area contributed by atoms with Crippen LogP contribution in [0.1, 0.15) is 10.4 Å². The summed E-state index contributed by atoms with van der Waals surface area (Å²) in [5, 5.41) is 0. The average Bonchev–Trinajstić information content (AvgIpc) is 2.36. The van der Waals surface area contributed by atoms with Crippen LogP contribution in [0.2, 0.25) is 0 Å². The zero-order chi connectivity index (χ0) is 12.7. The number of Topliss-reactive ketones (excluding diaryl/α,β-unsaturated/α-hetero) is 1. The van der Waals surface area contributed by atoms with Crippen molar-refractivity contribution in [3.63, 3.8) is 0 Å². The normalized spacial score (nSPS) is 10.6. The lowest BCUT2D eigenvalue weighted by molar-refractivity contribution is 0.0949. The van der Waals surface area contributed by atoms with E-state index < -0.39 is 0 Å². The first-order valence-electron chi connectivity index (χ1n) is 5.52. The average molecular weight is 253 g/mol. The molecule has 4 heteroatoms. The van der Waals surface area contributed by atoms with Gasteiger partial charge in [0.05, 0.1) is 13.7 Å². The molecular formula is C13H19NO2S. The Labute approximate surface area is 107 Å². The molecule has 0 saturated carbocycles. The zero-order valence-electron chi connectivity index (χ0n) is 10.6. The quantitative estimate of drug-likeness (QED) is 0.697. The fourth-order valence-electron chi connectivity index (χ4n) is 1.44. The molecule has 0 heterocycles. The van der Waals surface area contributed by atoms with Gasteiger partial charge < -0.3 is 4.74 Å². The summed E-state index contributed by atoms with van der Waals surface area (Å²) in [5.41, 5.74) is 0.738. The van der Waals surface area contributed by atoms with Gasteiger partial charge in [-0.3, -0.25) is 9.69 Å². The van der Waals surface area contributed by atoms with Crippen molar-refractivity contribution in [3.8, 4) is 5.75 Å². The van der Waals surface area contributed by atoms with Gasteiger partial charge in [0, 0.05) is 17.9 Å². The van der Waals surface area contributed by atoms with Gasteiger partial charge >= 0.3 is 0 Å². The number of hydrogen-bond acceptors (Lipinski definition) is 4. The smallest absolute Gasteiger partial charge is 0.176 e. The van der Waals surface area contributed by atoms with Crippen molar-refractivity contribution < 1.29 is 9.53 Å². The second kappa shape index (κ2) is 7.35. The van der Waals surface area contributed by atoms with E-state index in [9.17, 15) is 4.79 Å². The van der Waals surface area contributed by atoms with Crippen LogP contribution in [0.3, 0.4) is 0 Å². The first kappa shape index (κ1) is 14.1. The van der Waals surface area contributed by atoms with E-state index >= 15 is 0 Å². The molecule has 17 heavy (non-hydrogen) atoms. The highest BCUT2D eigenvalue weighted by atomic mass is 32.2. The first-order chi connectivity index (χ1) is 8.17. The molecule has 0 fully saturated rings. The van der Waals surface area contributed by atoms with Crippen LogP contribution in [-0.2, 0) is 0 Å². The zero-order valence-corrected chi connectivity index (χ0v) is 11.4. The number of ketones is 1. The van der Waals surface area contributed by atoms with Gasteiger partial charge in [-0.25, -0.2) is 0 Å². The number of hydrogen-bond donors (Lipinski definition) is 0. The Balaban J connectivity index is 2.51. The van der Waals surface area contributed by atoms with Crippen LogP contribution in [0.15, 0.2) is 24.3 Å². The molecule has 0 N–H and O–H groups in total. The Bertz CT molecular complexity index is 351. The molecule has 0 aliphatic carbocycles. The van der Waals surface area contributed by atoms with Crippen LogP contribution >= 0.6 is 11.8 Å². The van der Waals surface area contributed by atoms with E-state index in [-0.39, 0.29) is 5.78 Å². The van der Waals surface area contributed by atoms with Gasteiger partial charge in [-0.15, -0.1) is 0 Å². The van der Waals surface area contributed by atoms with Crippen molar-refractivity contribution in [2.24, 2.45) is 0 Å². The largest absolute Gasteiger partial charge is 0.497 e. The van der Waals surface area contributed by atoms with Crippen LogP contribution < -0.4 is 4.74 Å². The second-order valence-corrected chi connectivity index (χ2v) is 4.87. The van der Waals surface area contributed by atoms with Crippen molar-refractivity contribution in [1.82, 2.24) is 4.90 Å². The molecule has 0 bridgehead atoms. The number of likely N-dealkylation sites (N-methyl/N-ethyl adjacent to an activating group) is 1. The van der Waals surface area contributed by atoms with Crippen LogP contribution in [0.4, 0.5) is 0 Å². The molecule has 0 unspecified atom stereocenters. The predicted molar refractivity (Wildman–Crippen MR) is 73.2 cm³/mol. The minimum absolute atomic E-state index is 0.149. The highest BCUT2D eigenvalue weighted by molar-refractivity contribution is 7.98. The molecule has 94 valence electrons. The van der Waals surface area contributed by atoms with Gasteiger partial charge in [-0.05, 0) is 37.6 Å². The van der Waals surface area contributed by atoms with Gasteiger partial charge in [-0.2, -0.15) is 11.8 Å². The molecule has 0 radical (unpaired) electrons. The standard InChI is InChI=1S/C13H19NO2S/c1-14(8-9-17-3)10-13(15)11-4-6-12(16-2)7-5-11/h4-7H,8-10H2,1-3H3. The summed E-state index contributed by atoms with van der Waals surface area (Å²) in [4.78, 5) is 14.0. The van der Waals surface area contributed by atoms with E-state index in [1.165, 1.54) is 0 Å². The number of thioether (sulfide) groups is 1. The highest BCUT2D eigenvalue weighted by Gasteiger charge is 2.08. The Morgan fingerprint density at radius 1 is 1.35 bits per heavy atom. The summed E-state index contributed by atoms with van der Waals surface area (Å²) >= 11 is 1.79. The third-order valence-corrected chi connectivity index (χ3v) is 3.09. The molecule has 1 aromatic carbocycles. The van der Waals surface area contributed by atoms with E-state index in [1.807, 2.05) is 36.2 Å². The molecule has 0 aliphatic heterocycles. The maximum atomic E-state index is 11.9. The Hall–Kier alpha value is -1.00. The van der Waals surface area contributed by atoms with E-state index in [4.69, 9.17) is 4.74 Å². The third-order valence-electron chi connectivity index (χ3n) is 2.50. The number of nitrogens with zero attached hydrogens (tertiary/aromatic N) is 1. The van der Waals surface area contributed by atoms with Gasteiger partial charge in [0.1, 0.15) is 5.75 Å². The maximum Gasteiger partial charge on any atom is 0.176 e. The third kappa shape index (κ3) is 4.79. The molecule has 1 aromatic rings. The van der Waals surface area contributed by atoms with Crippen molar-refractivity contribution in [1.29, 1.82) is 0 Å². The molecule has 0 amide bonds. The number of ether oxygens (including phenoxy) is 1. The summed E-state index contributed by atoms with van der Waals surface area (Å²) in [7, 11) is 3.59. The molecule has 0 aliphatic rings. The monoisotopic (exact) mass is 253 g/mol. The van der Waals surface area contributed by atoms with Crippen LogP contribution in [-0.4, -0.2) is 49.9 Å². The van der Waals surface area contributed by atoms with Gasteiger partial charge in [0.2, 0.25) is 0 Å². The number of rotatable bonds is 7. The minimum Gasteiger partial charge on any atom is -0.497 e. The van der Waals surface area contributed by atoms with E-state index in [0.717, 1.165) is 23.6 Å². The number of methoxy groups -OCH3 is 1. The molecule has 0 saturated heterocycles. The second-order valence-electron chi connectivity index (χ2n) is 3.88. The summed E-state index contributed by atoms with van der Waals surface area (Å²) in [6, 6.07) is 7.25. The first-order valence-corrected chi connectivity index (χ1v) is 6.91. The Morgan fingerprint density at radius 3 is 2.53 bits per heavy atom. The lowest BCUT2D eigenvalue weighted by Gasteiger charge is -2.14. The maximum absolute atomic E-state index is 11.9. The van der Waals surface area contributed by atoms with Crippen molar-refractivity contribution in [2.75, 3.05) is 39.3 Å². The molecule has 0 aromatic heterocycles. The van der Waals surface area contributed by atoms with Crippen molar-refractivity contribution >= 4 is 17.5 Å². The Morgan fingerprint density at radius 2 is 2.00 bits per heavy atom. The lowest BCUT2D eigenvalue weighted by atomic mass is 10.1. The van der Waals surface area contributed by atoms with Gasteiger partial charge in [0.15, 0.2) is 5.78 Å². The van der Waals surface area contributed by atoms with Gasteiger partial charge in [-0.1, -0.05) is 0 Å².